The molecule has 1 aliphatic rings. The number of amides is 2. The van der Waals surface area contributed by atoms with Gasteiger partial charge in [0.05, 0.1) is 6.54 Å². The molecule has 2 amide bonds. The van der Waals surface area contributed by atoms with Crippen LogP contribution < -0.4 is 5.32 Å². The first-order valence-electron chi connectivity index (χ1n) is 8.27. The van der Waals surface area contributed by atoms with Gasteiger partial charge in [0.15, 0.2) is 5.58 Å². The number of hydrogen-bond acceptors (Lipinski definition) is 4. The third-order valence-electron chi connectivity index (χ3n) is 4.13. The summed E-state index contributed by atoms with van der Waals surface area (Å²) >= 11 is 0. The SMILES string of the molecule is CCCNC(=O)N1CCN(Cc2nc3cc(C)ccc3o2)CC1. The van der Waals surface area contributed by atoms with E-state index in [-0.39, 0.29) is 6.03 Å². The average molecular weight is 316 g/mol. The lowest BCUT2D eigenvalue weighted by Crippen LogP contribution is -2.51. The van der Waals surface area contributed by atoms with E-state index in [2.05, 4.69) is 29.0 Å². The lowest BCUT2D eigenvalue weighted by atomic mass is 10.2. The summed E-state index contributed by atoms with van der Waals surface area (Å²) in [6, 6.07) is 6.09. The van der Waals surface area contributed by atoms with Crippen LogP contribution in [-0.2, 0) is 6.54 Å². The van der Waals surface area contributed by atoms with Crippen LogP contribution in [0.25, 0.3) is 11.1 Å². The van der Waals surface area contributed by atoms with Crippen molar-refractivity contribution < 1.29 is 9.21 Å². The maximum absolute atomic E-state index is 11.9. The van der Waals surface area contributed by atoms with Gasteiger partial charge in [-0.1, -0.05) is 13.0 Å². The third-order valence-corrected chi connectivity index (χ3v) is 4.13. The normalized spacial score (nSPS) is 16.0. The summed E-state index contributed by atoms with van der Waals surface area (Å²) < 4.78 is 5.81. The van der Waals surface area contributed by atoms with E-state index in [1.54, 1.807) is 0 Å². The van der Waals surface area contributed by atoms with Gasteiger partial charge in [0.2, 0.25) is 5.89 Å². The number of rotatable bonds is 4. The van der Waals surface area contributed by atoms with Gasteiger partial charge in [-0.15, -0.1) is 0 Å². The van der Waals surface area contributed by atoms with Crippen molar-refractivity contribution in [2.45, 2.75) is 26.8 Å². The Labute approximate surface area is 136 Å². The Hall–Kier alpha value is -2.08. The Morgan fingerprint density at radius 3 is 2.83 bits per heavy atom. The Kier molecular flexibility index (Phi) is 4.81. The van der Waals surface area contributed by atoms with Crippen LogP contribution in [0.3, 0.4) is 0 Å². The van der Waals surface area contributed by atoms with Crippen molar-refractivity contribution in [3.63, 3.8) is 0 Å². The van der Waals surface area contributed by atoms with Crippen molar-refractivity contribution in [3.8, 4) is 0 Å². The van der Waals surface area contributed by atoms with E-state index < -0.39 is 0 Å². The van der Waals surface area contributed by atoms with Crippen LogP contribution in [0.1, 0.15) is 24.8 Å². The van der Waals surface area contributed by atoms with Crippen LogP contribution in [0.2, 0.25) is 0 Å². The molecule has 0 atom stereocenters. The van der Waals surface area contributed by atoms with E-state index in [1.807, 2.05) is 23.1 Å². The molecule has 1 saturated heterocycles. The van der Waals surface area contributed by atoms with Crippen LogP contribution in [0, 0.1) is 6.92 Å². The number of oxazole rings is 1. The molecule has 124 valence electrons. The number of aryl methyl sites for hydroxylation is 1. The first kappa shape index (κ1) is 15.8. The van der Waals surface area contributed by atoms with Gasteiger partial charge in [-0.05, 0) is 31.0 Å². The van der Waals surface area contributed by atoms with E-state index in [9.17, 15) is 4.79 Å². The second-order valence-corrected chi connectivity index (χ2v) is 6.07. The van der Waals surface area contributed by atoms with E-state index in [1.165, 1.54) is 5.56 Å². The lowest BCUT2D eigenvalue weighted by Gasteiger charge is -2.33. The van der Waals surface area contributed by atoms with Crippen molar-refractivity contribution in [2.75, 3.05) is 32.7 Å². The Balaban J connectivity index is 1.54. The number of nitrogens with zero attached hydrogens (tertiary/aromatic N) is 3. The highest BCUT2D eigenvalue weighted by atomic mass is 16.3. The minimum Gasteiger partial charge on any atom is -0.439 e. The largest absolute Gasteiger partial charge is 0.439 e. The highest BCUT2D eigenvalue weighted by molar-refractivity contribution is 5.74. The summed E-state index contributed by atoms with van der Waals surface area (Å²) in [5, 5.41) is 2.93. The Morgan fingerprint density at radius 1 is 1.30 bits per heavy atom. The number of carbonyl (C=O) groups excluding carboxylic acids is 1. The highest BCUT2D eigenvalue weighted by Crippen LogP contribution is 2.18. The summed E-state index contributed by atoms with van der Waals surface area (Å²) in [6.07, 6.45) is 0.961. The summed E-state index contributed by atoms with van der Waals surface area (Å²) in [6.45, 7) is 8.72. The maximum atomic E-state index is 11.9. The zero-order valence-electron chi connectivity index (χ0n) is 13.8. The summed E-state index contributed by atoms with van der Waals surface area (Å²) in [4.78, 5) is 20.7. The average Bonchev–Trinajstić information content (AvgIpc) is 2.94. The zero-order valence-corrected chi connectivity index (χ0v) is 13.8. The summed E-state index contributed by atoms with van der Waals surface area (Å²) in [5.41, 5.74) is 2.94. The van der Waals surface area contributed by atoms with Gasteiger partial charge >= 0.3 is 6.03 Å². The predicted octanol–water partition coefficient (Wildman–Crippen LogP) is 2.37. The van der Waals surface area contributed by atoms with Crippen molar-refractivity contribution in [2.24, 2.45) is 0 Å². The van der Waals surface area contributed by atoms with Gasteiger partial charge in [0.1, 0.15) is 5.52 Å². The van der Waals surface area contributed by atoms with E-state index in [0.29, 0.717) is 6.54 Å². The minimum absolute atomic E-state index is 0.0452. The molecular formula is C17H24N4O2. The number of piperazine rings is 1. The van der Waals surface area contributed by atoms with Gasteiger partial charge in [0.25, 0.3) is 0 Å². The first-order valence-corrected chi connectivity index (χ1v) is 8.27. The molecule has 3 rings (SSSR count). The van der Waals surface area contributed by atoms with Crippen LogP contribution in [0.5, 0.6) is 0 Å². The van der Waals surface area contributed by atoms with Crippen molar-refractivity contribution >= 4 is 17.1 Å². The molecule has 2 aromatic rings. The van der Waals surface area contributed by atoms with Gasteiger partial charge in [0, 0.05) is 32.7 Å². The fourth-order valence-electron chi connectivity index (χ4n) is 2.80. The lowest BCUT2D eigenvalue weighted by molar-refractivity contribution is 0.129. The van der Waals surface area contributed by atoms with E-state index in [4.69, 9.17) is 4.42 Å². The Morgan fingerprint density at radius 2 is 2.09 bits per heavy atom. The standard InChI is InChI=1S/C17H24N4O2/c1-3-6-18-17(22)21-9-7-20(8-10-21)12-16-19-14-11-13(2)4-5-15(14)23-16/h4-5,11H,3,6-10,12H2,1-2H3,(H,18,22). The van der Waals surface area contributed by atoms with Gasteiger partial charge in [-0.2, -0.15) is 0 Å². The van der Waals surface area contributed by atoms with Crippen LogP contribution in [0.15, 0.2) is 22.6 Å². The minimum atomic E-state index is 0.0452. The topological polar surface area (TPSA) is 61.6 Å². The molecule has 23 heavy (non-hydrogen) atoms. The highest BCUT2D eigenvalue weighted by Gasteiger charge is 2.22. The molecular weight excluding hydrogens is 292 g/mol. The second kappa shape index (κ2) is 7.00. The molecule has 0 unspecified atom stereocenters. The molecule has 0 aliphatic carbocycles. The Bertz CT molecular complexity index is 674. The molecule has 0 bridgehead atoms. The van der Waals surface area contributed by atoms with Gasteiger partial charge in [-0.3, -0.25) is 4.90 Å². The molecule has 2 heterocycles. The first-order chi connectivity index (χ1) is 11.2. The van der Waals surface area contributed by atoms with E-state index in [0.717, 1.165) is 56.1 Å². The molecule has 6 nitrogen and oxygen atoms in total. The number of hydrogen-bond donors (Lipinski definition) is 1. The number of aromatic nitrogens is 1. The van der Waals surface area contributed by atoms with Crippen LogP contribution in [0.4, 0.5) is 4.79 Å². The van der Waals surface area contributed by atoms with Gasteiger partial charge < -0.3 is 14.6 Å². The van der Waals surface area contributed by atoms with Crippen molar-refractivity contribution in [1.29, 1.82) is 0 Å². The number of carbonyl (C=O) groups is 1. The predicted molar refractivity (Wildman–Crippen MR) is 89.3 cm³/mol. The smallest absolute Gasteiger partial charge is 0.317 e. The molecule has 1 aromatic heterocycles. The summed E-state index contributed by atoms with van der Waals surface area (Å²) in [7, 11) is 0. The van der Waals surface area contributed by atoms with Gasteiger partial charge in [-0.25, -0.2) is 9.78 Å². The van der Waals surface area contributed by atoms with Crippen LogP contribution in [-0.4, -0.2) is 53.5 Å². The number of nitrogens with one attached hydrogen (secondary N) is 1. The molecule has 1 N–H and O–H groups in total. The number of fused-ring (bicyclic) bond motifs is 1. The van der Waals surface area contributed by atoms with Crippen molar-refractivity contribution in [1.82, 2.24) is 20.1 Å². The molecule has 1 aliphatic heterocycles. The van der Waals surface area contributed by atoms with Crippen LogP contribution >= 0.6 is 0 Å². The maximum Gasteiger partial charge on any atom is 0.317 e. The molecule has 0 spiro atoms. The number of benzene rings is 1. The van der Waals surface area contributed by atoms with E-state index >= 15 is 0 Å². The molecule has 0 radical (unpaired) electrons. The molecule has 6 heteroatoms. The third kappa shape index (κ3) is 3.82. The monoisotopic (exact) mass is 316 g/mol. The second-order valence-electron chi connectivity index (χ2n) is 6.07. The summed E-state index contributed by atoms with van der Waals surface area (Å²) in [5.74, 6) is 0.745. The number of urea groups is 1. The quantitative estimate of drug-likeness (QED) is 0.941. The molecule has 1 fully saturated rings. The fourth-order valence-corrected chi connectivity index (χ4v) is 2.80. The fraction of sp³-hybridized carbons (Fsp3) is 0.529. The molecule has 0 saturated carbocycles. The molecule has 1 aromatic carbocycles. The van der Waals surface area contributed by atoms with Crippen molar-refractivity contribution in [3.05, 3.63) is 29.7 Å². The zero-order chi connectivity index (χ0) is 16.2.